The lowest BCUT2D eigenvalue weighted by Gasteiger charge is -1.97. The third kappa shape index (κ3) is 1.13. The van der Waals surface area contributed by atoms with Crippen molar-refractivity contribution in [3.05, 3.63) is 41.7 Å². The highest BCUT2D eigenvalue weighted by Crippen LogP contribution is 2.18. The molecule has 0 atom stereocenters. The Balaban J connectivity index is 2.06. The van der Waals surface area contributed by atoms with Crippen LogP contribution in [-0.2, 0) is 12.8 Å². The van der Waals surface area contributed by atoms with Gasteiger partial charge in [0.15, 0.2) is 0 Å². The molecule has 0 fully saturated rings. The van der Waals surface area contributed by atoms with Crippen LogP contribution >= 0.6 is 0 Å². The smallest absolute Gasteiger partial charge is 0.0864 e. The van der Waals surface area contributed by atoms with E-state index in [0.29, 0.717) is 0 Å². The highest BCUT2D eigenvalue weighted by molar-refractivity contribution is 5.30. The van der Waals surface area contributed by atoms with Crippen molar-refractivity contribution >= 4 is 0 Å². The van der Waals surface area contributed by atoms with Gasteiger partial charge in [0.25, 0.3) is 0 Å². The number of benzene rings is 1. The number of hydrogen-bond acceptors (Lipinski definition) is 2. The van der Waals surface area contributed by atoms with Gasteiger partial charge in [0.2, 0.25) is 0 Å². The molecule has 3 nitrogen and oxygen atoms in total. The second kappa shape index (κ2) is 2.94. The molecule has 3 rings (SSSR count). The quantitative estimate of drug-likeness (QED) is 0.677. The molecule has 0 bridgehead atoms. The van der Waals surface area contributed by atoms with Crippen LogP contribution in [0.3, 0.4) is 0 Å². The summed E-state index contributed by atoms with van der Waals surface area (Å²) in [5.41, 5.74) is 3.39. The first-order chi connectivity index (χ1) is 6.93. The van der Waals surface area contributed by atoms with Crippen LogP contribution in [-0.4, -0.2) is 15.0 Å². The van der Waals surface area contributed by atoms with Gasteiger partial charge in [0.05, 0.1) is 17.1 Å². The van der Waals surface area contributed by atoms with Gasteiger partial charge in [0.1, 0.15) is 0 Å². The van der Waals surface area contributed by atoms with E-state index in [0.717, 1.165) is 18.5 Å². The van der Waals surface area contributed by atoms with Gasteiger partial charge in [-0.1, -0.05) is 18.2 Å². The summed E-state index contributed by atoms with van der Waals surface area (Å²) < 4.78 is 0. The Kier molecular flexibility index (Phi) is 1.63. The van der Waals surface area contributed by atoms with Crippen LogP contribution in [0.4, 0.5) is 0 Å². The maximum Gasteiger partial charge on any atom is 0.0864 e. The highest BCUT2D eigenvalue weighted by Gasteiger charge is 2.17. The molecule has 1 heterocycles. The molecular weight excluding hydrogens is 174 g/mol. The van der Waals surface area contributed by atoms with Crippen molar-refractivity contribution in [2.24, 2.45) is 0 Å². The standard InChI is InChI=1S/C11H11N3/c1-2-5-9(6-3-1)14-12-10-7-4-8-11(10)13-14/h1-3,5-6H,4,7-8H2. The summed E-state index contributed by atoms with van der Waals surface area (Å²) in [6.45, 7) is 0. The lowest BCUT2D eigenvalue weighted by atomic mass is 10.3. The SMILES string of the molecule is c1ccc(-n2nc3c(n2)CCC3)cc1. The molecule has 1 aliphatic rings. The largest absolute Gasteiger partial charge is 0.153 e. The maximum absolute atomic E-state index is 4.47. The van der Waals surface area contributed by atoms with E-state index in [1.54, 1.807) is 4.80 Å². The van der Waals surface area contributed by atoms with E-state index in [4.69, 9.17) is 0 Å². The summed E-state index contributed by atoms with van der Waals surface area (Å²) in [5, 5.41) is 8.93. The number of aromatic nitrogens is 3. The summed E-state index contributed by atoms with van der Waals surface area (Å²) >= 11 is 0. The molecule has 0 N–H and O–H groups in total. The molecule has 0 spiro atoms. The van der Waals surface area contributed by atoms with Crippen molar-refractivity contribution in [1.29, 1.82) is 0 Å². The minimum Gasteiger partial charge on any atom is -0.153 e. The molecule has 2 aromatic rings. The van der Waals surface area contributed by atoms with E-state index in [9.17, 15) is 0 Å². The van der Waals surface area contributed by atoms with Gasteiger partial charge >= 0.3 is 0 Å². The summed E-state index contributed by atoms with van der Waals surface area (Å²) in [4.78, 5) is 1.74. The van der Waals surface area contributed by atoms with Gasteiger partial charge in [-0.05, 0) is 31.4 Å². The minimum absolute atomic E-state index is 1.04. The van der Waals surface area contributed by atoms with Crippen LogP contribution in [0.25, 0.3) is 5.69 Å². The van der Waals surface area contributed by atoms with E-state index in [1.807, 2.05) is 30.3 Å². The minimum atomic E-state index is 1.04. The second-order valence-corrected chi connectivity index (χ2v) is 3.57. The van der Waals surface area contributed by atoms with Gasteiger partial charge in [0, 0.05) is 0 Å². The number of hydrogen-bond donors (Lipinski definition) is 0. The predicted molar refractivity (Wildman–Crippen MR) is 53.4 cm³/mol. The lowest BCUT2D eigenvalue weighted by Crippen LogP contribution is -1.99. The maximum atomic E-state index is 4.47. The first kappa shape index (κ1) is 7.74. The lowest BCUT2D eigenvalue weighted by molar-refractivity contribution is 0.702. The summed E-state index contributed by atoms with van der Waals surface area (Å²) in [6.07, 6.45) is 3.38. The average molecular weight is 185 g/mol. The third-order valence-corrected chi connectivity index (χ3v) is 2.58. The van der Waals surface area contributed by atoms with Gasteiger partial charge in [-0.2, -0.15) is 15.0 Å². The molecule has 0 amide bonds. The topological polar surface area (TPSA) is 30.7 Å². The van der Waals surface area contributed by atoms with Crippen LogP contribution in [0.5, 0.6) is 0 Å². The molecule has 0 radical (unpaired) electrons. The third-order valence-electron chi connectivity index (χ3n) is 2.58. The Morgan fingerprint density at radius 2 is 1.57 bits per heavy atom. The van der Waals surface area contributed by atoms with Crippen molar-refractivity contribution in [3.8, 4) is 5.69 Å². The van der Waals surface area contributed by atoms with E-state index < -0.39 is 0 Å². The second-order valence-electron chi connectivity index (χ2n) is 3.57. The average Bonchev–Trinajstić information content (AvgIpc) is 2.78. The van der Waals surface area contributed by atoms with Crippen molar-refractivity contribution < 1.29 is 0 Å². The summed E-state index contributed by atoms with van der Waals surface area (Å²) in [6, 6.07) is 10.1. The first-order valence-electron chi connectivity index (χ1n) is 4.94. The van der Waals surface area contributed by atoms with Crippen molar-refractivity contribution in [2.75, 3.05) is 0 Å². The monoisotopic (exact) mass is 185 g/mol. The number of para-hydroxylation sites is 1. The van der Waals surface area contributed by atoms with Crippen LogP contribution in [0.15, 0.2) is 30.3 Å². The van der Waals surface area contributed by atoms with Gasteiger partial charge < -0.3 is 0 Å². The Labute approximate surface area is 82.4 Å². The van der Waals surface area contributed by atoms with Gasteiger partial charge in [-0.3, -0.25) is 0 Å². The molecule has 0 unspecified atom stereocenters. The van der Waals surface area contributed by atoms with Crippen LogP contribution in [0.2, 0.25) is 0 Å². The number of aryl methyl sites for hydroxylation is 2. The molecule has 70 valence electrons. The summed E-state index contributed by atoms with van der Waals surface area (Å²) in [7, 11) is 0. The number of nitrogens with zero attached hydrogens (tertiary/aromatic N) is 3. The van der Waals surface area contributed by atoms with Crippen LogP contribution in [0.1, 0.15) is 17.8 Å². The van der Waals surface area contributed by atoms with Crippen molar-refractivity contribution in [3.63, 3.8) is 0 Å². The van der Waals surface area contributed by atoms with E-state index >= 15 is 0 Å². The predicted octanol–water partition coefficient (Wildman–Crippen LogP) is 1.76. The van der Waals surface area contributed by atoms with Crippen molar-refractivity contribution in [1.82, 2.24) is 15.0 Å². The highest BCUT2D eigenvalue weighted by atomic mass is 15.5. The molecule has 1 aromatic heterocycles. The molecular formula is C11H11N3. The molecule has 1 aliphatic carbocycles. The normalized spacial score (nSPS) is 14.3. The first-order valence-corrected chi connectivity index (χ1v) is 4.94. The Bertz CT molecular complexity index is 423. The molecule has 0 saturated heterocycles. The molecule has 3 heteroatoms. The molecule has 0 saturated carbocycles. The Morgan fingerprint density at radius 1 is 0.929 bits per heavy atom. The van der Waals surface area contributed by atoms with Gasteiger partial charge in [-0.15, -0.1) is 0 Å². The van der Waals surface area contributed by atoms with E-state index in [1.165, 1.54) is 17.8 Å². The fourth-order valence-electron chi connectivity index (χ4n) is 1.86. The number of rotatable bonds is 1. The molecule has 14 heavy (non-hydrogen) atoms. The van der Waals surface area contributed by atoms with E-state index in [-0.39, 0.29) is 0 Å². The molecule has 1 aromatic carbocycles. The Morgan fingerprint density at radius 3 is 2.21 bits per heavy atom. The zero-order chi connectivity index (χ0) is 9.38. The van der Waals surface area contributed by atoms with Crippen molar-refractivity contribution in [2.45, 2.75) is 19.3 Å². The zero-order valence-corrected chi connectivity index (χ0v) is 7.85. The number of fused-ring (bicyclic) bond motifs is 1. The van der Waals surface area contributed by atoms with Crippen LogP contribution < -0.4 is 0 Å². The molecule has 0 aliphatic heterocycles. The van der Waals surface area contributed by atoms with E-state index in [2.05, 4.69) is 10.2 Å². The fourth-order valence-corrected chi connectivity index (χ4v) is 1.86. The zero-order valence-electron chi connectivity index (χ0n) is 7.85. The summed E-state index contributed by atoms with van der Waals surface area (Å²) in [5.74, 6) is 0. The van der Waals surface area contributed by atoms with Gasteiger partial charge in [-0.25, -0.2) is 0 Å². The Hall–Kier alpha value is -1.64. The van der Waals surface area contributed by atoms with Crippen LogP contribution in [0, 0.1) is 0 Å². The fraction of sp³-hybridized carbons (Fsp3) is 0.273.